The number of nitrogens with zero attached hydrogens (tertiary/aromatic N) is 1. The zero-order valence-electron chi connectivity index (χ0n) is 7.65. The van der Waals surface area contributed by atoms with Crippen LogP contribution in [0.2, 0.25) is 0 Å². The smallest absolute Gasteiger partial charge is 0.283 e. The molecule has 2 aliphatic rings. The molecule has 0 radical (unpaired) electrons. The van der Waals surface area contributed by atoms with Gasteiger partial charge < -0.3 is 9.64 Å². The molecule has 13 heavy (non-hydrogen) atoms. The quantitative estimate of drug-likeness (QED) is 0.596. The third-order valence-electron chi connectivity index (χ3n) is 2.65. The predicted molar refractivity (Wildman–Crippen MR) is 43.7 cm³/mol. The maximum atomic E-state index is 12.7. The summed E-state index contributed by atoms with van der Waals surface area (Å²) in [7, 11) is 1.96. The molecule has 0 bridgehead atoms. The molecule has 1 atom stereocenters. The van der Waals surface area contributed by atoms with Crippen LogP contribution in [-0.4, -0.2) is 49.8 Å². The lowest BCUT2D eigenvalue weighted by Gasteiger charge is -2.38. The molecule has 2 fully saturated rings. The van der Waals surface area contributed by atoms with Gasteiger partial charge in [-0.2, -0.15) is 0 Å². The largest absolute Gasteiger partial charge is 0.353 e. The highest BCUT2D eigenvalue weighted by atomic mass is 19.3. The van der Waals surface area contributed by atoms with Crippen LogP contribution in [0.1, 0.15) is 6.42 Å². The van der Waals surface area contributed by atoms with Crippen molar-refractivity contribution in [2.75, 3.05) is 33.3 Å². The molecule has 2 rings (SSSR count). The Hall–Kier alpha value is -0.260. The van der Waals surface area contributed by atoms with Crippen LogP contribution in [0, 0.1) is 0 Å². The lowest BCUT2D eigenvalue weighted by molar-refractivity contribution is -0.187. The number of halogens is 2. The van der Waals surface area contributed by atoms with Gasteiger partial charge in [-0.25, -0.2) is 8.78 Å². The van der Waals surface area contributed by atoms with E-state index in [1.54, 1.807) is 0 Å². The number of alkyl halides is 2. The van der Waals surface area contributed by atoms with Gasteiger partial charge in [0.15, 0.2) is 0 Å². The van der Waals surface area contributed by atoms with E-state index in [0.29, 0.717) is 6.54 Å². The molecule has 5 heteroatoms. The SMILES string of the molecule is CN1CCC2(C1)NCC(F)(F)CO2. The van der Waals surface area contributed by atoms with Gasteiger partial charge >= 0.3 is 0 Å². The van der Waals surface area contributed by atoms with Gasteiger partial charge in [-0.05, 0) is 7.05 Å². The van der Waals surface area contributed by atoms with Crippen LogP contribution in [-0.2, 0) is 4.74 Å². The highest BCUT2D eigenvalue weighted by molar-refractivity contribution is 4.93. The molecule has 0 aromatic carbocycles. The minimum atomic E-state index is -2.70. The highest BCUT2D eigenvalue weighted by Gasteiger charge is 2.46. The molecule has 0 amide bonds. The number of hydrogen-bond acceptors (Lipinski definition) is 3. The lowest BCUT2D eigenvalue weighted by atomic mass is 10.1. The van der Waals surface area contributed by atoms with E-state index >= 15 is 0 Å². The normalized spacial score (nSPS) is 39.9. The highest BCUT2D eigenvalue weighted by Crippen LogP contribution is 2.29. The van der Waals surface area contributed by atoms with Crippen molar-refractivity contribution in [3.05, 3.63) is 0 Å². The van der Waals surface area contributed by atoms with E-state index in [1.807, 2.05) is 7.05 Å². The lowest BCUT2D eigenvalue weighted by Crippen LogP contribution is -2.60. The van der Waals surface area contributed by atoms with Crippen molar-refractivity contribution in [3.8, 4) is 0 Å². The number of rotatable bonds is 0. The minimum absolute atomic E-state index is 0.263. The van der Waals surface area contributed by atoms with Crippen molar-refractivity contribution in [2.45, 2.75) is 18.1 Å². The molecule has 1 unspecified atom stereocenters. The van der Waals surface area contributed by atoms with Crippen molar-refractivity contribution in [2.24, 2.45) is 0 Å². The summed E-state index contributed by atoms with van der Waals surface area (Å²) in [5.41, 5.74) is -0.504. The summed E-state index contributed by atoms with van der Waals surface area (Å²) >= 11 is 0. The van der Waals surface area contributed by atoms with E-state index in [1.165, 1.54) is 0 Å². The second kappa shape index (κ2) is 2.87. The van der Waals surface area contributed by atoms with Gasteiger partial charge in [-0.3, -0.25) is 5.32 Å². The number of ether oxygens (including phenoxy) is 1. The molecule has 0 aromatic heterocycles. The average Bonchev–Trinajstić information content (AvgIpc) is 2.41. The molecule has 0 saturated carbocycles. The average molecular weight is 192 g/mol. The standard InChI is InChI=1S/C8H14F2N2O/c1-12-3-2-8(5-12)11-4-7(9,10)6-13-8/h11H,2-6H2,1H3. The third-order valence-corrected chi connectivity index (χ3v) is 2.65. The number of likely N-dealkylation sites (N-methyl/N-ethyl adjacent to an activating group) is 1. The van der Waals surface area contributed by atoms with Gasteiger partial charge in [0.05, 0.1) is 6.54 Å². The Kier molecular flexibility index (Phi) is 2.05. The first-order valence-electron chi connectivity index (χ1n) is 4.47. The van der Waals surface area contributed by atoms with Gasteiger partial charge in [0.25, 0.3) is 5.92 Å². The predicted octanol–water partition coefficient (Wildman–Crippen LogP) is 0.273. The first-order chi connectivity index (χ1) is 6.02. The van der Waals surface area contributed by atoms with E-state index in [-0.39, 0.29) is 6.54 Å². The Bertz CT molecular complexity index is 200. The van der Waals surface area contributed by atoms with E-state index in [4.69, 9.17) is 4.74 Å². The summed E-state index contributed by atoms with van der Waals surface area (Å²) in [5, 5.41) is 2.80. The number of nitrogens with one attached hydrogen (secondary N) is 1. The molecule has 76 valence electrons. The maximum absolute atomic E-state index is 12.7. The second-order valence-corrected chi connectivity index (χ2v) is 3.98. The second-order valence-electron chi connectivity index (χ2n) is 3.98. The van der Waals surface area contributed by atoms with Crippen molar-refractivity contribution in [1.82, 2.24) is 10.2 Å². The van der Waals surface area contributed by atoms with Gasteiger partial charge in [-0.15, -0.1) is 0 Å². The summed E-state index contributed by atoms with van der Waals surface area (Å²) in [4.78, 5) is 2.08. The Morgan fingerprint density at radius 2 is 2.23 bits per heavy atom. The molecule has 1 spiro atoms. The molecule has 2 heterocycles. The van der Waals surface area contributed by atoms with Crippen molar-refractivity contribution < 1.29 is 13.5 Å². The van der Waals surface area contributed by atoms with Crippen LogP contribution >= 0.6 is 0 Å². The van der Waals surface area contributed by atoms with Crippen LogP contribution < -0.4 is 5.32 Å². The van der Waals surface area contributed by atoms with Crippen LogP contribution in [0.25, 0.3) is 0 Å². The van der Waals surface area contributed by atoms with Gasteiger partial charge in [-0.1, -0.05) is 0 Å². The van der Waals surface area contributed by atoms with Gasteiger partial charge in [0.1, 0.15) is 12.3 Å². The number of hydrogen-bond donors (Lipinski definition) is 1. The molecule has 0 aromatic rings. The molecule has 3 nitrogen and oxygen atoms in total. The minimum Gasteiger partial charge on any atom is -0.353 e. The van der Waals surface area contributed by atoms with Crippen molar-refractivity contribution in [1.29, 1.82) is 0 Å². The zero-order chi connectivity index (χ0) is 9.53. The summed E-state index contributed by atoms with van der Waals surface area (Å²) in [6, 6.07) is 0. The monoisotopic (exact) mass is 192 g/mol. The Balaban J connectivity index is 1.97. The van der Waals surface area contributed by atoms with Crippen molar-refractivity contribution >= 4 is 0 Å². The molecular weight excluding hydrogens is 178 g/mol. The number of likely N-dealkylation sites (tertiary alicyclic amines) is 1. The summed E-state index contributed by atoms with van der Waals surface area (Å²) < 4.78 is 30.7. The van der Waals surface area contributed by atoms with E-state index < -0.39 is 18.3 Å². The van der Waals surface area contributed by atoms with E-state index in [0.717, 1.165) is 13.0 Å². The summed E-state index contributed by atoms with van der Waals surface area (Å²) in [6.07, 6.45) is 0.791. The molecule has 1 N–H and O–H groups in total. The molecular formula is C8H14F2N2O. The first kappa shape index (κ1) is 9.30. The van der Waals surface area contributed by atoms with Gasteiger partial charge in [0, 0.05) is 19.5 Å². The van der Waals surface area contributed by atoms with E-state index in [9.17, 15) is 8.78 Å². The molecule has 2 saturated heterocycles. The maximum Gasteiger partial charge on any atom is 0.283 e. The molecule has 0 aliphatic carbocycles. The summed E-state index contributed by atoms with van der Waals surface area (Å²) in [5.74, 6) is -2.70. The fourth-order valence-corrected chi connectivity index (χ4v) is 1.86. The Morgan fingerprint density at radius 3 is 2.69 bits per heavy atom. The Morgan fingerprint density at radius 1 is 1.46 bits per heavy atom. The van der Waals surface area contributed by atoms with Gasteiger partial charge in [0.2, 0.25) is 0 Å². The zero-order valence-corrected chi connectivity index (χ0v) is 7.65. The van der Waals surface area contributed by atoms with Crippen molar-refractivity contribution in [3.63, 3.8) is 0 Å². The fraction of sp³-hybridized carbons (Fsp3) is 1.00. The molecule has 2 aliphatic heterocycles. The topological polar surface area (TPSA) is 24.5 Å². The van der Waals surface area contributed by atoms with Crippen LogP contribution in [0.15, 0.2) is 0 Å². The Labute approximate surface area is 76.0 Å². The fourth-order valence-electron chi connectivity index (χ4n) is 1.86. The summed E-state index contributed by atoms with van der Waals surface area (Å²) in [6.45, 7) is 0.885. The van der Waals surface area contributed by atoms with Crippen LogP contribution in [0.4, 0.5) is 8.78 Å². The third kappa shape index (κ3) is 1.82. The van der Waals surface area contributed by atoms with Crippen LogP contribution in [0.5, 0.6) is 0 Å². The van der Waals surface area contributed by atoms with Crippen LogP contribution in [0.3, 0.4) is 0 Å². The van der Waals surface area contributed by atoms with E-state index in [2.05, 4.69) is 10.2 Å². The first-order valence-corrected chi connectivity index (χ1v) is 4.47.